The van der Waals surface area contributed by atoms with Crippen molar-refractivity contribution in [3.63, 3.8) is 0 Å². The molecule has 0 heterocycles. The van der Waals surface area contributed by atoms with E-state index < -0.39 is 6.61 Å². The summed E-state index contributed by atoms with van der Waals surface area (Å²) < 4.78 is 34.0. The molecule has 1 aromatic rings. The van der Waals surface area contributed by atoms with Crippen LogP contribution in [-0.4, -0.2) is 32.7 Å². The van der Waals surface area contributed by atoms with E-state index in [2.05, 4.69) is 15.4 Å². The number of ether oxygens (including phenoxy) is 2. The van der Waals surface area contributed by atoms with Gasteiger partial charge in [0.1, 0.15) is 0 Å². The number of hydrogen-bond acceptors (Lipinski definition) is 4. The van der Waals surface area contributed by atoms with Crippen molar-refractivity contribution in [3.05, 3.63) is 23.8 Å². The fourth-order valence-electron chi connectivity index (χ4n) is 1.74. The van der Waals surface area contributed by atoms with Crippen molar-refractivity contribution in [1.29, 1.82) is 0 Å². The lowest BCUT2D eigenvalue weighted by Crippen LogP contribution is -2.27. The van der Waals surface area contributed by atoms with Gasteiger partial charge in [0.25, 0.3) is 0 Å². The quantitative estimate of drug-likeness (QED) is 0.684. The Balaban J connectivity index is 2.50. The van der Waals surface area contributed by atoms with Crippen LogP contribution < -0.4 is 20.1 Å². The number of nitrogens with one attached hydrogen (secondary N) is 2. The highest BCUT2D eigenvalue weighted by atomic mass is 19.3. The van der Waals surface area contributed by atoms with Crippen molar-refractivity contribution in [1.82, 2.24) is 10.6 Å². The van der Waals surface area contributed by atoms with Crippen LogP contribution in [-0.2, 0) is 11.3 Å². The SMILES string of the molecule is CCNC(=O)CCNCc1ccc(OC)c(OC(F)F)c1. The highest BCUT2D eigenvalue weighted by molar-refractivity contribution is 5.75. The van der Waals surface area contributed by atoms with Crippen LogP contribution in [0.25, 0.3) is 0 Å². The molecule has 0 aliphatic carbocycles. The number of benzene rings is 1. The van der Waals surface area contributed by atoms with E-state index in [1.807, 2.05) is 6.92 Å². The second-order valence-corrected chi connectivity index (χ2v) is 4.24. The topological polar surface area (TPSA) is 59.6 Å². The van der Waals surface area contributed by atoms with Gasteiger partial charge in [0, 0.05) is 26.1 Å². The van der Waals surface area contributed by atoms with Crippen LogP contribution in [0, 0.1) is 0 Å². The molecule has 2 N–H and O–H groups in total. The van der Waals surface area contributed by atoms with Gasteiger partial charge in [0.2, 0.25) is 5.91 Å². The first-order valence-corrected chi connectivity index (χ1v) is 6.66. The van der Waals surface area contributed by atoms with Gasteiger partial charge in [-0.3, -0.25) is 4.79 Å². The molecule has 7 heteroatoms. The van der Waals surface area contributed by atoms with Gasteiger partial charge in [-0.1, -0.05) is 6.07 Å². The number of halogens is 2. The van der Waals surface area contributed by atoms with Gasteiger partial charge < -0.3 is 20.1 Å². The van der Waals surface area contributed by atoms with Crippen LogP contribution >= 0.6 is 0 Å². The first-order chi connectivity index (χ1) is 10.1. The normalized spacial score (nSPS) is 10.5. The maximum absolute atomic E-state index is 12.3. The van der Waals surface area contributed by atoms with Crippen molar-refractivity contribution in [2.24, 2.45) is 0 Å². The average molecular weight is 302 g/mol. The van der Waals surface area contributed by atoms with E-state index in [1.165, 1.54) is 13.2 Å². The number of rotatable bonds is 9. The van der Waals surface area contributed by atoms with E-state index in [1.54, 1.807) is 12.1 Å². The summed E-state index contributed by atoms with van der Waals surface area (Å²) in [5.74, 6) is 0.221. The summed E-state index contributed by atoms with van der Waals surface area (Å²) in [4.78, 5) is 11.2. The third-order valence-electron chi connectivity index (χ3n) is 2.68. The van der Waals surface area contributed by atoms with Gasteiger partial charge in [-0.05, 0) is 24.6 Å². The lowest BCUT2D eigenvalue weighted by molar-refractivity contribution is -0.120. The van der Waals surface area contributed by atoms with Gasteiger partial charge in [-0.2, -0.15) is 8.78 Å². The number of methoxy groups -OCH3 is 1. The summed E-state index contributed by atoms with van der Waals surface area (Å²) in [6, 6.07) is 4.80. The Bertz CT molecular complexity index is 456. The van der Waals surface area contributed by atoms with E-state index in [-0.39, 0.29) is 17.4 Å². The smallest absolute Gasteiger partial charge is 0.387 e. The van der Waals surface area contributed by atoms with Crippen LogP contribution in [0.5, 0.6) is 11.5 Å². The highest BCUT2D eigenvalue weighted by Gasteiger charge is 2.11. The second kappa shape index (κ2) is 9.12. The zero-order valence-corrected chi connectivity index (χ0v) is 12.1. The fraction of sp³-hybridized carbons (Fsp3) is 0.500. The van der Waals surface area contributed by atoms with E-state index in [0.717, 1.165) is 5.56 Å². The molecule has 1 amide bonds. The molecule has 0 saturated carbocycles. The summed E-state index contributed by atoms with van der Waals surface area (Å²) in [6.07, 6.45) is 0.365. The first kappa shape index (κ1) is 17.2. The molecule has 1 aromatic carbocycles. The summed E-state index contributed by atoms with van der Waals surface area (Å²) in [6.45, 7) is 0.505. The molecule has 0 saturated heterocycles. The van der Waals surface area contributed by atoms with E-state index in [9.17, 15) is 13.6 Å². The van der Waals surface area contributed by atoms with Crippen molar-refractivity contribution >= 4 is 5.91 Å². The third-order valence-corrected chi connectivity index (χ3v) is 2.68. The van der Waals surface area contributed by atoms with E-state index >= 15 is 0 Å². The number of amides is 1. The monoisotopic (exact) mass is 302 g/mol. The average Bonchev–Trinajstić information content (AvgIpc) is 2.43. The maximum atomic E-state index is 12.3. The van der Waals surface area contributed by atoms with Gasteiger partial charge in [-0.25, -0.2) is 0 Å². The summed E-state index contributed by atoms with van der Waals surface area (Å²) in [5.41, 5.74) is 0.766. The minimum absolute atomic E-state index is 0.00414. The summed E-state index contributed by atoms with van der Waals surface area (Å²) in [5, 5.41) is 5.76. The van der Waals surface area contributed by atoms with E-state index in [0.29, 0.717) is 26.1 Å². The molecule has 0 spiro atoms. The van der Waals surface area contributed by atoms with Crippen molar-refractivity contribution in [3.8, 4) is 11.5 Å². The fourth-order valence-corrected chi connectivity index (χ4v) is 1.74. The lowest BCUT2D eigenvalue weighted by atomic mass is 10.2. The standard InChI is InChI=1S/C14H20F2N2O3/c1-3-18-13(19)6-7-17-9-10-4-5-11(20-2)12(8-10)21-14(15)16/h4-5,8,14,17H,3,6-7,9H2,1-2H3,(H,18,19). The van der Waals surface area contributed by atoms with Crippen LogP contribution in [0.1, 0.15) is 18.9 Å². The Morgan fingerprint density at radius 1 is 1.33 bits per heavy atom. The van der Waals surface area contributed by atoms with Gasteiger partial charge in [0.05, 0.1) is 7.11 Å². The van der Waals surface area contributed by atoms with Gasteiger partial charge in [0.15, 0.2) is 11.5 Å². The largest absolute Gasteiger partial charge is 0.493 e. The molecular weight excluding hydrogens is 282 g/mol. The minimum Gasteiger partial charge on any atom is -0.493 e. The molecule has 0 fully saturated rings. The number of alkyl halides is 2. The third kappa shape index (κ3) is 6.40. The van der Waals surface area contributed by atoms with Crippen LogP contribution in [0.3, 0.4) is 0 Å². The molecule has 0 radical (unpaired) electrons. The molecule has 21 heavy (non-hydrogen) atoms. The molecular formula is C14H20F2N2O3. The van der Waals surface area contributed by atoms with Crippen LogP contribution in [0.4, 0.5) is 8.78 Å². The first-order valence-electron chi connectivity index (χ1n) is 6.66. The Labute approximate surface area is 122 Å². The lowest BCUT2D eigenvalue weighted by Gasteiger charge is -2.12. The molecule has 5 nitrogen and oxygen atoms in total. The molecule has 0 aromatic heterocycles. The molecule has 0 aliphatic heterocycles. The number of carbonyl (C=O) groups excluding carboxylic acids is 1. The predicted octanol–water partition coefficient (Wildman–Crippen LogP) is 1.91. The molecule has 0 aliphatic rings. The molecule has 1 rings (SSSR count). The molecule has 0 bridgehead atoms. The molecule has 0 unspecified atom stereocenters. The van der Waals surface area contributed by atoms with E-state index in [4.69, 9.17) is 4.74 Å². The van der Waals surface area contributed by atoms with Crippen molar-refractivity contribution in [2.75, 3.05) is 20.2 Å². The second-order valence-electron chi connectivity index (χ2n) is 4.24. The molecule has 118 valence electrons. The maximum Gasteiger partial charge on any atom is 0.387 e. The minimum atomic E-state index is -2.90. The number of carbonyl (C=O) groups is 1. The molecule has 0 atom stereocenters. The zero-order valence-electron chi connectivity index (χ0n) is 12.1. The predicted molar refractivity (Wildman–Crippen MR) is 74.6 cm³/mol. The van der Waals surface area contributed by atoms with Gasteiger partial charge in [-0.15, -0.1) is 0 Å². The van der Waals surface area contributed by atoms with Crippen LogP contribution in [0.2, 0.25) is 0 Å². The summed E-state index contributed by atoms with van der Waals surface area (Å²) >= 11 is 0. The number of hydrogen-bond donors (Lipinski definition) is 2. The summed E-state index contributed by atoms with van der Waals surface area (Å²) in [7, 11) is 1.39. The van der Waals surface area contributed by atoms with Crippen LogP contribution in [0.15, 0.2) is 18.2 Å². The van der Waals surface area contributed by atoms with Crippen molar-refractivity contribution in [2.45, 2.75) is 26.5 Å². The Hall–Kier alpha value is -1.89. The van der Waals surface area contributed by atoms with Gasteiger partial charge >= 0.3 is 6.61 Å². The Morgan fingerprint density at radius 3 is 2.71 bits per heavy atom. The zero-order chi connectivity index (χ0) is 15.7. The van der Waals surface area contributed by atoms with Crippen molar-refractivity contribution < 1.29 is 23.0 Å². The highest BCUT2D eigenvalue weighted by Crippen LogP contribution is 2.29. The Kier molecular flexibility index (Phi) is 7.45. The Morgan fingerprint density at radius 2 is 2.10 bits per heavy atom.